The first-order valence-electron chi connectivity index (χ1n) is 7.92. The average Bonchev–Trinajstić information content (AvgIpc) is 2.99. The van der Waals surface area contributed by atoms with Gasteiger partial charge in [-0.15, -0.1) is 0 Å². The van der Waals surface area contributed by atoms with Crippen LogP contribution < -0.4 is 10.4 Å². The van der Waals surface area contributed by atoms with Crippen molar-refractivity contribution < 1.29 is 9.05 Å². The summed E-state index contributed by atoms with van der Waals surface area (Å²) < 4.78 is 13.5. The van der Waals surface area contributed by atoms with Gasteiger partial charge in [0.25, 0.3) is 6.64 Å². The molecule has 0 aliphatic heterocycles. The normalized spacial score (nSPS) is 11.8. The van der Waals surface area contributed by atoms with E-state index in [2.05, 4.69) is 15.4 Å². The minimum Gasteiger partial charge on any atom is -0.332 e. The Labute approximate surface area is 159 Å². The van der Waals surface area contributed by atoms with Crippen LogP contribution >= 0.6 is 18.9 Å². The number of thiocarbonyl (C=S) groups is 1. The zero-order valence-electron chi connectivity index (χ0n) is 14.7. The summed E-state index contributed by atoms with van der Waals surface area (Å²) in [6.45, 7) is 4.95. The average molecular weight is 398 g/mol. The highest BCUT2D eigenvalue weighted by molar-refractivity contribution is 8.09. The highest BCUT2D eigenvalue weighted by Crippen LogP contribution is 2.46. The summed E-state index contributed by atoms with van der Waals surface area (Å²) in [7, 11) is 0. The highest BCUT2D eigenvalue weighted by atomic mass is 32.5. The second-order valence-corrected chi connectivity index (χ2v) is 9.38. The van der Waals surface area contributed by atoms with Crippen LogP contribution in [0.3, 0.4) is 0 Å². The van der Waals surface area contributed by atoms with Crippen molar-refractivity contribution in [3.05, 3.63) is 43.0 Å². The van der Waals surface area contributed by atoms with Crippen molar-refractivity contribution in [3.63, 3.8) is 0 Å². The number of anilines is 1. The summed E-state index contributed by atoms with van der Waals surface area (Å²) in [6.07, 6.45) is 5.25. The lowest BCUT2D eigenvalue weighted by Crippen LogP contribution is -2.29. The number of aromatic nitrogens is 2. The summed E-state index contributed by atoms with van der Waals surface area (Å²) in [4.78, 5) is 4.04. The van der Waals surface area contributed by atoms with Crippen LogP contribution in [0, 0.1) is 0 Å². The van der Waals surface area contributed by atoms with Gasteiger partial charge in [-0.1, -0.05) is 0 Å². The Bertz CT molecular complexity index is 719. The van der Waals surface area contributed by atoms with Gasteiger partial charge in [-0.3, -0.25) is 5.09 Å². The summed E-state index contributed by atoms with van der Waals surface area (Å²) in [5, 5.41) is 6.52. The van der Waals surface area contributed by atoms with Crippen molar-refractivity contribution in [2.24, 2.45) is 0 Å². The van der Waals surface area contributed by atoms with E-state index in [1.165, 1.54) is 0 Å². The predicted octanol–water partition coefficient (Wildman–Crippen LogP) is 4.23. The third-order valence-electron chi connectivity index (χ3n) is 2.87. The molecule has 0 spiro atoms. The molecule has 0 atom stereocenters. The molecule has 136 valence electrons. The van der Waals surface area contributed by atoms with Gasteiger partial charge in [0, 0.05) is 23.8 Å². The lowest BCUT2D eigenvalue weighted by atomic mass is 10.3. The van der Waals surface area contributed by atoms with Gasteiger partial charge in [0.1, 0.15) is 0 Å². The molecule has 0 unspecified atom stereocenters. The van der Waals surface area contributed by atoms with Crippen molar-refractivity contribution >= 4 is 41.5 Å². The quantitative estimate of drug-likeness (QED) is 0.534. The molecule has 0 aliphatic rings. The SMILES string of the molecule is CC(C)OP(=S)(NC(=S)Nc1ccc(-n2ccnc2)cc1)OC(C)C. The van der Waals surface area contributed by atoms with Crippen LogP contribution in [0.15, 0.2) is 43.0 Å². The minimum absolute atomic E-state index is 0.0608. The number of nitrogens with one attached hydrogen (secondary N) is 2. The fourth-order valence-corrected chi connectivity index (χ4v) is 5.57. The first-order valence-corrected chi connectivity index (χ1v) is 11.0. The van der Waals surface area contributed by atoms with Crippen molar-refractivity contribution in [1.82, 2.24) is 14.6 Å². The Kier molecular flexibility index (Phi) is 7.10. The van der Waals surface area contributed by atoms with Crippen LogP contribution in [-0.2, 0) is 20.9 Å². The summed E-state index contributed by atoms with van der Waals surface area (Å²) >= 11 is 10.9. The van der Waals surface area contributed by atoms with Crippen LogP contribution in [0.1, 0.15) is 27.7 Å². The number of hydrogen-bond acceptors (Lipinski definition) is 5. The van der Waals surface area contributed by atoms with Gasteiger partial charge in [-0.05, 0) is 76.0 Å². The van der Waals surface area contributed by atoms with E-state index in [4.69, 9.17) is 33.1 Å². The molecule has 0 bridgehead atoms. The van der Waals surface area contributed by atoms with Crippen molar-refractivity contribution in [2.75, 3.05) is 5.32 Å². The summed E-state index contributed by atoms with van der Waals surface area (Å²) in [6, 6.07) is 7.80. The molecular formula is C16H23N4O2PS2. The maximum Gasteiger partial charge on any atom is 0.289 e. The highest BCUT2D eigenvalue weighted by Gasteiger charge is 2.23. The molecular weight excluding hydrogens is 375 g/mol. The van der Waals surface area contributed by atoms with E-state index in [1.807, 2.05) is 62.7 Å². The van der Waals surface area contributed by atoms with E-state index in [0.717, 1.165) is 11.4 Å². The lowest BCUT2D eigenvalue weighted by Gasteiger charge is -2.27. The second kappa shape index (κ2) is 8.87. The molecule has 1 heterocycles. The molecule has 25 heavy (non-hydrogen) atoms. The Morgan fingerprint density at radius 3 is 2.20 bits per heavy atom. The number of nitrogens with zero attached hydrogens (tertiary/aromatic N) is 2. The van der Waals surface area contributed by atoms with Crippen molar-refractivity contribution in [1.29, 1.82) is 0 Å². The van der Waals surface area contributed by atoms with Gasteiger partial charge in [-0.2, -0.15) is 0 Å². The molecule has 0 aliphatic carbocycles. The van der Waals surface area contributed by atoms with Crippen LogP contribution in [0.2, 0.25) is 0 Å². The zero-order valence-corrected chi connectivity index (χ0v) is 17.2. The molecule has 0 radical (unpaired) electrons. The van der Waals surface area contributed by atoms with Gasteiger partial charge < -0.3 is 18.9 Å². The fraction of sp³-hybridized carbons (Fsp3) is 0.375. The summed E-state index contributed by atoms with van der Waals surface area (Å²) in [5.41, 5.74) is 1.86. The molecule has 0 saturated heterocycles. The topological polar surface area (TPSA) is 60.3 Å². The van der Waals surface area contributed by atoms with Gasteiger partial charge >= 0.3 is 0 Å². The predicted molar refractivity (Wildman–Crippen MR) is 110 cm³/mol. The molecule has 6 nitrogen and oxygen atoms in total. The van der Waals surface area contributed by atoms with Crippen LogP contribution in [-0.4, -0.2) is 26.9 Å². The van der Waals surface area contributed by atoms with Gasteiger partial charge in [0.2, 0.25) is 0 Å². The third-order valence-corrected chi connectivity index (χ3v) is 5.91. The molecule has 2 aromatic rings. The first kappa shape index (κ1) is 20.0. The molecule has 9 heteroatoms. The van der Waals surface area contributed by atoms with Crippen LogP contribution in [0.25, 0.3) is 5.69 Å². The lowest BCUT2D eigenvalue weighted by molar-refractivity contribution is 0.172. The van der Waals surface area contributed by atoms with E-state index < -0.39 is 6.64 Å². The van der Waals surface area contributed by atoms with Crippen molar-refractivity contribution in [3.8, 4) is 5.69 Å². The Hall–Kier alpha value is -1.31. The van der Waals surface area contributed by atoms with E-state index in [0.29, 0.717) is 5.11 Å². The largest absolute Gasteiger partial charge is 0.332 e. The van der Waals surface area contributed by atoms with Crippen LogP contribution in [0.4, 0.5) is 5.69 Å². The number of hydrogen-bond donors (Lipinski definition) is 2. The Morgan fingerprint density at radius 2 is 1.72 bits per heavy atom. The molecule has 2 N–H and O–H groups in total. The number of imidazole rings is 1. The molecule has 2 rings (SSSR count). The van der Waals surface area contributed by atoms with Gasteiger partial charge in [0.05, 0.1) is 18.5 Å². The Balaban J connectivity index is 2.01. The van der Waals surface area contributed by atoms with E-state index >= 15 is 0 Å². The zero-order chi connectivity index (χ0) is 18.4. The minimum atomic E-state index is -2.71. The molecule has 0 fully saturated rings. The molecule has 1 aromatic carbocycles. The van der Waals surface area contributed by atoms with E-state index in [1.54, 1.807) is 12.5 Å². The molecule has 1 aromatic heterocycles. The van der Waals surface area contributed by atoms with Crippen LogP contribution in [0.5, 0.6) is 0 Å². The van der Waals surface area contributed by atoms with Gasteiger partial charge in [-0.25, -0.2) is 4.98 Å². The smallest absolute Gasteiger partial charge is 0.289 e. The molecule has 0 saturated carbocycles. The van der Waals surface area contributed by atoms with Gasteiger partial charge in [0.15, 0.2) is 5.11 Å². The van der Waals surface area contributed by atoms with Crippen molar-refractivity contribution in [2.45, 2.75) is 39.9 Å². The first-order chi connectivity index (χ1) is 11.8. The number of benzene rings is 1. The Morgan fingerprint density at radius 1 is 1.12 bits per heavy atom. The fourth-order valence-electron chi connectivity index (χ4n) is 2.04. The maximum atomic E-state index is 5.78. The standard InChI is InChI=1S/C16H23N4O2PS2/c1-12(2)21-23(25,22-13(3)4)19-16(24)18-14-5-7-15(8-6-14)20-10-9-17-11-20/h5-13H,1-4H3,(H2,18,19,24,25). The monoisotopic (exact) mass is 398 g/mol. The number of rotatable bonds is 7. The maximum absolute atomic E-state index is 5.78. The van der Waals surface area contributed by atoms with E-state index in [9.17, 15) is 0 Å². The van der Waals surface area contributed by atoms with E-state index in [-0.39, 0.29) is 12.2 Å². The summed E-state index contributed by atoms with van der Waals surface area (Å²) in [5.74, 6) is 0. The second-order valence-electron chi connectivity index (χ2n) is 5.89. The third kappa shape index (κ3) is 6.49. The molecule has 0 amide bonds.